The number of hydrogen-bond acceptors (Lipinski definition) is 4. The van der Waals surface area contributed by atoms with Gasteiger partial charge in [0.05, 0.1) is 17.3 Å². The van der Waals surface area contributed by atoms with Gasteiger partial charge in [-0.15, -0.1) is 11.3 Å². The summed E-state index contributed by atoms with van der Waals surface area (Å²) < 4.78 is 0. The second-order valence-corrected chi connectivity index (χ2v) is 5.43. The maximum Gasteiger partial charge on any atom is 0.0898 e. The van der Waals surface area contributed by atoms with Crippen LogP contribution in [-0.2, 0) is 13.2 Å². The van der Waals surface area contributed by atoms with Gasteiger partial charge in [0.1, 0.15) is 0 Å². The number of aliphatic hydroxyl groups is 1. The minimum Gasteiger partial charge on any atom is -0.392 e. The largest absolute Gasteiger partial charge is 0.392 e. The molecule has 0 amide bonds. The summed E-state index contributed by atoms with van der Waals surface area (Å²) in [7, 11) is 0. The lowest BCUT2D eigenvalue weighted by atomic mass is 10.1. The second kappa shape index (κ2) is 6.09. The Labute approximate surface area is 112 Å². The lowest BCUT2D eigenvalue weighted by Gasteiger charge is -2.12. The molecular formula is C14H18N2OS. The van der Waals surface area contributed by atoms with Gasteiger partial charge in [-0.2, -0.15) is 0 Å². The summed E-state index contributed by atoms with van der Waals surface area (Å²) in [5, 5.41) is 15.7. The first-order valence-electron chi connectivity index (χ1n) is 6.03. The van der Waals surface area contributed by atoms with Crippen LogP contribution in [0.2, 0.25) is 0 Å². The Kier molecular flexibility index (Phi) is 4.47. The number of hydrogen-bond donors (Lipinski definition) is 2. The van der Waals surface area contributed by atoms with E-state index >= 15 is 0 Å². The molecule has 1 aromatic heterocycles. The number of aryl methyl sites for hydroxylation is 1. The minimum atomic E-state index is 0.0919. The molecule has 0 spiro atoms. The molecule has 1 heterocycles. The van der Waals surface area contributed by atoms with Crippen LogP contribution in [0.1, 0.15) is 34.8 Å². The van der Waals surface area contributed by atoms with Gasteiger partial charge in [0, 0.05) is 18.0 Å². The van der Waals surface area contributed by atoms with Crippen molar-refractivity contribution in [2.75, 3.05) is 0 Å². The van der Waals surface area contributed by atoms with E-state index in [1.807, 2.05) is 25.1 Å². The smallest absolute Gasteiger partial charge is 0.0898 e. The molecule has 4 heteroatoms. The highest BCUT2D eigenvalue weighted by atomic mass is 32.1. The molecule has 0 bridgehead atoms. The summed E-state index contributed by atoms with van der Waals surface area (Å²) in [5.41, 5.74) is 3.22. The van der Waals surface area contributed by atoms with Gasteiger partial charge in [-0.3, -0.25) is 0 Å². The van der Waals surface area contributed by atoms with E-state index in [4.69, 9.17) is 5.11 Å². The van der Waals surface area contributed by atoms with Crippen LogP contribution in [-0.4, -0.2) is 10.1 Å². The van der Waals surface area contributed by atoms with Gasteiger partial charge >= 0.3 is 0 Å². The molecule has 0 aliphatic carbocycles. The normalized spacial score (nSPS) is 12.6. The molecule has 0 aliphatic rings. The number of rotatable bonds is 5. The lowest BCUT2D eigenvalue weighted by Crippen LogP contribution is -2.18. The van der Waals surface area contributed by atoms with E-state index in [1.54, 1.807) is 11.3 Å². The van der Waals surface area contributed by atoms with Crippen LogP contribution in [0.15, 0.2) is 29.6 Å². The van der Waals surface area contributed by atoms with Crippen LogP contribution in [0.4, 0.5) is 0 Å². The summed E-state index contributed by atoms with van der Waals surface area (Å²) in [6.45, 7) is 5.01. The quantitative estimate of drug-likeness (QED) is 0.871. The third-order valence-electron chi connectivity index (χ3n) is 2.87. The Bertz CT molecular complexity index is 510. The molecule has 0 aliphatic heterocycles. The molecule has 1 atom stereocenters. The molecule has 3 nitrogen and oxygen atoms in total. The summed E-state index contributed by atoms with van der Waals surface area (Å²) in [6, 6.07) is 8.22. The zero-order valence-electron chi connectivity index (χ0n) is 10.7. The fourth-order valence-corrected chi connectivity index (χ4v) is 2.50. The van der Waals surface area contributed by atoms with Crippen LogP contribution in [0.5, 0.6) is 0 Å². The Morgan fingerprint density at radius 2 is 2.17 bits per heavy atom. The number of benzene rings is 1. The molecular weight excluding hydrogens is 244 g/mol. The average Bonchev–Trinajstić information content (AvgIpc) is 2.83. The van der Waals surface area contributed by atoms with Gasteiger partial charge in [-0.1, -0.05) is 24.3 Å². The molecule has 1 aromatic carbocycles. The van der Waals surface area contributed by atoms with Crippen LogP contribution in [0.3, 0.4) is 0 Å². The van der Waals surface area contributed by atoms with Crippen LogP contribution >= 0.6 is 11.3 Å². The highest BCUT2D eigenvalue weighted by molar-refractivity contribution is 7.09. The molecule has 2 aromatic rings. The first-order chi connectivity index (χ1) is 8.69. The Balaban J connectivity index is 1.94. The van der Waals surface area contributed by atoms with E-state index in [-0.39, 0.29) is 12.6 Å². The standard InChI is InChI=1S/C14H18N2OS/c1-10(14-9-18-11(2)16-14)15-7-12-4-3-5-13(6-12)8-17/h3-6,9-10,15,17H,7-8H2,1-2H3. The van der Waals surface area contributed by atoms with Crippen molar-refractivity contribution in [3.8, 4) is 0 Å². The number of nitrogens with one attached hydrogen (secondary N) is 1. The number of nitrogens with zero attached hydrogens (tertiary/aromatic N) is 1. The predicted octanol–water partition coefficient (Wildman–Crippen LogP) is 2.79. The number of aliphatic hydroxyl groups excluding tert-OH is 1. The van der Waals surface area contributed by atoms with Crippen LogP contribution < -0.4 is 5.32 Å². The summed E-state index contributed by atoms with van der Waals surface area (Å²) >= 11 is 1.68. The van der Waals surface area contributed by atoms with Gasteiger partial charge in [-0.25, -0.2) is 4.98 Å². The number of thiazole rings is 1. The van der Waals surface area contributed by atoms with Crippen molar-refractivity contribution in [3.63, 3.8) is 0 Å². The molecule has 0 saturated carbocycles. The van der Waals surface area contributed by atoms with E-state index in [0.717, 1.165) is 22.8 Å². The van der Waals surface area contributed by atoms with Crippen molar-refractivity contribution >= 4 is 11.3 Å². The van der Waals surface area contributed by atoms with Crippen LogP contribution in [0.25, 0.3) is 0 Å². The van der Waals surface area contributed by atoms with Gasteiger partial charge in [-0.05, 0) is 25.0 Å². The van der Waals surface area contributed by atoms with Crippen molar-refractivity contribution in [3.05, 3.63) is 51.5 Å². The van der Waals surface area contributed by atoms with Crippen LogP contribution in [0, 0.1) is 6.92 Å². The van der Waals surface area contributed by atoms with E-state index in [2.05, 4.69) is 28.7 Å². The maximum absolute atomic E-state index is 9.09. The van der Waals surface area contributed by atoms with Crippen molar-refractivity contribution in [2.24, 2.45) is 0 Å². The molecule has 2 rings (SSSR count). The van der Waals surface area contributed by atoms with Gasteiger partial charge in [0.25, 0.3) is 0 Å². The molecule has 0 fully saturated rings. The second-order valence-electron chi connectivity index (χ2n) is 4.37. The molecule has 1 unspecified atom stereocenters. The van der Waals surface area contributed by atoms with Gasteiger partial charge in [0.2, 0.25) is 0 Å². The zero-order chi connectivity index (χ0) is 13.0. The molecule has 96 valence electrons. The summed E-state index contributed by atoms with van der Waals surface area (Å²) in [5.74, 6) is 0. The van der Waals surface area contributed by atoms with E-state index in [1.165, 1.54) is 5.56 Å². The Morgan fingerprint density at radius 1 is 1.39 bits per heavy atom. The van der Waals surface area contributed by atoms with Crippen molar-refractivity contribution in [1.29, 1.82) is 0 Å². The SMILES string of the molecule is Cc1nc(C(C)NCc2cccc(CO)c2)cs1. The van der Waals surface area contributed by atoms with Gasteiger partial charge in [0.15, 0.2) is 0 Å². The Hall–Kier alpha value is -1.23. The number of aromatic nitrogens is 1. The van der Waals surface area contributed by atoms with E-state index < -0.39 is 0 Å². The third-order valence-corrected chi connectivity index (χ3v) is 3.66. The highest BCUT2D eigenvalue weighted by Crippen LogP contribution is 2.16. The predicted molar refractivity (Wildman–Crippen MR) is 74.5 cm³/mol. The topological polar surface area (TPSA) is 45.2 Å². The van der Waals surface area contributed by atoms with Crippen molar-refractivity contribution < 1.29 is 5.11 Å². The van der Waals surface area contributed by atoms with E-state index in [0.29, 0.717) is 0 Å². The fourth-order valence-electron chi connectivity index (χ4n) is 1.79. The summed E-state index contributed by atoms with van der Waals surface area (Å²) in [6.07, 6.45) is 0. The molecule has 2 N–H and O–H groups in total. The molecule has 0 radical (unpaired) electrons. The zero-order valence-corrected chi connectivity index (χ0v) is 11.5. The lowest BCUT2D eigenvalue weighted by molar-refractivity contribution is 0.281. The Morgan fingerprint density at radius 3 is 2.83 bits per heavy atom. The van der Waals surface area contributed by atoms with Crippen molar-refractivity contribution in [2.45, 2.75) is 33.0 Å². The molecule has 0 saturated heterocycles. The average molecular weight is 262 g/mol. The highest BCUT2D eigenvalue weighted by Gasteiger charge is 2.08. The first-order valence-corrected chi connectivity index (χ1v) is 6.91. The maximum atomic E-state index is 9.09. The fraction of sp³-hybridized carbons (Fsp3) is 0.357. The third kappa shape index (κ3) is 3.38. The van der Waals surface area contributed by atoms with Gasteiger partial charge < -0.3 is 10.4 Å². The monoisotopic (exact) mass is 262 g/mol. The summed E-state index contributed by atoms with van der Waals surface area (Å²) in [4.78, 5) is 4.47. The minimum absolute atomic E-state index is 0.0919. The molecule has 18 heavy (non-hydrogen) atoms. The van der Waals surface area contributed by atoms with E-state index in [9.17, 15) is 0 Å². The van der Waals surface area contributed by atoms with Crippen molar-refractivity contribution in [1.82, 2.24) is 10.3 Å². The first kappa shape index (κ1) is 13.2.